The second-order valence-electron chi connectivity index (χ2n) is 4.43. The summed E-state index contributed by atoms with van der Waals surface area (Å²) in [5.41, 5.74) is 0.881. The summed E-state index contributed by atoms with van der Waals surface area (Å²) >= 11 is 0. The van der Waals surface area contributed by atoms with Crippen molar-refractivity contribution in [2.45, 2.75) is 20.0 Å². The normalized spacial score (nSPS) is 10.4. The summed E-state index contributed by atoms with van der Waals surface area (Å²) in [4.78, 5) is 11.6. The Morgan fingerprint density at radius 2 is 2.00 bits per heavy atom. The number of rotatable bonds is 7. The van der Waals surface area contributed by atoms with Crippen LogP contribution in [0.5, 0.6) is 11.5 Å². The lowest BCUT2D eigenvalue weighted by atomic mass is 10.2. The predicted molar refractivity (Wildman–Crippen MR) is 77.7 cm³/mol. The summed E-state index contributed by atoms with van der Waals surface area (Å²) < 4.78 is 15.9. The monoisotopic (exact) mass is 290 g/mol. The van der Waals surface area contributed by atoms with E-state index in [1.54, 1.807) is 0 Å². The molecule has 0 spiro atoms. The van der Waals surface area contributed by atoms with Gasteiger partial charge >= 0.3 is 0 Å². The quantitative estimate of drug-likeness (QED) is 0.791. The first kappa shape index (κ1) is 15.1. The zero-order chi connectivity index (χ0) is 15.1. The van der Waals surface area contributed by atoms with Crippen molar-refractivity contribution in [1.82, 2.24) is 0 Å². The van der Waals surface area contributed by atoms with E-state index in [0.29, 0.717) is 6.61 Å². The van der Waals surface area contributed by atoms with Gasteiger partial charge in [0.15, 0.2) is 0 Å². The van der Waals surface area contributed by atoms with Crippen LogP contribution in [0.15, 0.2) is 45.8 Å². The number of aliphatic hydroxyl groups excluding tert-OH is 1. The Labute approximate surface area is 122 Å². The van der Waals surface area contributed by atoms with Gasteiger partial charge < -0.3 is 19.0 Å². The van der Waals surface area contributed by atoms with E-state index in [-0.39, 0.29) is 30.2 Å². The van der Waals surface area contributed by atoms with Gasteiger partial charge in [0.2, 0.25) is 11.2 Å². The van der Waals surface area contributed by atoms with Crippen molar-refractivity contribution < 1.29 is 19.0 Å². The average molecular weight is 290 g/mol. The highest BCUT2D eigenvalue weighted by Gasteiger charge is 2.04. The van der Waals surface area contributed by atoms with Crippen LogP contribution in [0, 0.1) is 0 Å². The highest BCUT2D eigenvalue weighted by atomic mass is 16.5. The molecule has 0 aliphatic heterocycles. The van der Waals surface area contributed by atoms with Gasteiger partial charge in [0, 0.05) is 6.07 Å². The molecule has 21 heavy (non-hydrogen) atoms. The van der Waals surface area contributed by atoms with E-state index in [1.807, 2.05) is 24.3 Å². The second-order valence-corrected chi connectivity index (χ2v) is 4.43. The number of ether oxygens (including phenoxy) is 2. The molecule has 5 nitrogen and oxygen atoms in total. The van der Waals surface area contributed by atoms with Crippen LogP contribution in [-0.4, -0.2) is 18.3 Å². The average Bonchev–Trinajstić information content (AvgIpc) is 2.52. The molecule has 0 aliphatic carbocycles. The maximum Gasteiger partial charge on any atom is 0.227 e. The third kappa shape index (κ3) is 4.36. The van der Waals surface area contributed by atoms with Gasteiger partial charge in [-0.05, 0) is 24.1 Å². The van der Waals surface area contributed by atoms with Gasteiger partial charge in [-0.1, -0.05) is 19.1 Å². The second kappa shape index (κ2) is 7.50. The molecule has 0 bridgehead atoms. The Bertz CT molecular complexity index is 633. The summed E-state index contributed by atoms with van der Waals surface area (Å²) in [6, 6.07) is 9.05. The minimum Gasteiger partial charge on any atom is -0.490 e. The fraction of sp³-hybridized carbons (Fsp3) is 0.312. The first-order valence-corrected chi connectivity index (χ1v) is 6.80. The van der Waals surface area contributed by atoms with Crippen molar-refractivity contribution >= 4 is 0 Å². The molecule has 0 atom stereocenters. The molecule has 1 aromatic heterocycles. The topological polar surface area (TPSA) is 68.9 Å². The number of hydrogen-bond acceptors (Lipinski definition) is 5. The van der Waals surface area contributed by atoms with E-state index >= 15 is 0 Å². The zero-order valence-electron chi connectivity index (χ0n) is 11.9. The van der Waals surface area contributed by atoms with E-state index in [1.165, 1.54) is 17.9 Å². The Hall–Kier alpha value is -2.27. The van der Waals surface area contributed by atoms with E-state index in [4.69, 9.17) is 19.0 Å². The van der Waals surface area contributed by atoms with Gasteiger partial charge in [-0.25, -0.2) is 0 Å². The van der Waals surface area contributed by atoms with Crippen LogP contribution < -0.4 is 14.9 Å². The molecule has 2 aromatic rings. The van der Waals surface area contributed by atoms with Gasteiger partial charge in [-0.2, -0.15) is 0 Å². The van der Waals surface area contributed by atoms with Crippen molar-refractivity contribution in [2.75, 3.05) is 13.2 Å². The van der Waals surface area contributed by atoms with Crippen LogP contribution in [-0.2, 0) is 13.0 Å². The summed E-state index contributed by atoms with van der Waals surface area (Å²) in [6.07, 6.45) is 2.15. The fourth-order valence-electron chi connectivity index (χ4n) is 1.79. The van der Waals surface area contributed by atoms with Crippen LogP contribution in [0.3, 0.4) is 0 Å². The lowest BCUT2D eigenvalue weighted by Gasteiger charge is -2.08. The molecule has 0 unspecified atom stereocenters. The minimum absolute atomic E-state index is 0.109. The van der Waals surface area contributed by atoms with E-state index < -0.39 is 0 Å². The predicted octanol–water partition coefficient (Wildman–Crippen LogP) is 2.15. The van der Waals surface area contributed by atoms with Gasteiger partial charge in [-0.3, -0.25) is 4.79 Å². The molecule has 0 fully saturated rings. The number of aliphatic hydroxyl groups is 1. The molecule has 1 heterocycles. The molecule has 0 aliphatic rings. The zero-order valence-corrected chi connectivity index (χ0v) is 11.9. The lowest BCUT2D eigenvalue weighted by molar-refractivity contribution is 0.207. The van der Waals surface area contributed by atoms with Crippen LogP contribution in [0.25, 0.3) is 0 Å². The Morgan fingerprint density at radius 1 is 1.19 bits per heavy atom. The molecule has 0 radical (unpaired) electrons. The minimum atomic E-state index is -0.321. The van der Waals surface area contributed by atoms with Crippen molar-refractivity contribution in [1.29, 1.82) is 0 Å². The van der Waals surface area contributed by atoms with E-state index in [9.17, 15) is 4.79 Å². The van der Waals surface area contributed by atoms with Crippen molar-refractivity contribution in [3.8, 4) is 11.5 Å². The summed E-state index contributed by atoms with van der Waals surface area (Å²) in [5, 5.41) is 8.84. The fourth-order valence-corrected chi connectivity index (χ4v) is 1.79. The number of aryl methyl sites for hydroxylation is 1. The molecule has 0 saturated heterocycles. The van der Waals surface area contributed by atoms with Crippen molar-refractivity contribution in [3.63, 3.8) is 0 Å². The Kier molecular flexibility index (Phi) is 5.40. The maximum atomic E-state index is 11.6. The standard InChI is InChI=1S/C16H18O5/c1-2-12-4-3-5-13(8-12)19-6-7-20-16-11-21-14(10-17)9-15(16)18/h3-5,8-9,11,17H,2,6-7,10H2,1H3. The van der Waals surface area contributed by atoms with Crippen LogP contribution in [0.1, 0.15) is 18.2 Å². The van der Waals surface area contributed by atoms with Crippen molar-refractivity contribution in [3.05, 3.63) is 58.1 Å². The molecule has 1 aromatic carbocycles. The lowest BCUT2D eigenvalue weighted by Crippen LogP contribution is -2.14. The van der Waals surface area contributed by atoms with Crippen LogP contribution >= 0.6 is 0 Å². The van der Waals surface area contributed by atoms with Gasteiger partial charge in [0.05, 0.1) is 0 Å². The number of benzene rings is 1. The Morgan fingerprint density at radius 3 is 2.71 bits per heavy atom. The molecule has 0 saturated carbocycles. The third-order valence-electron chi connectivity index (χ3n) is 2.92. The van der Waals surface area contributed by atoms with Gasteiger partial charge in [-0.15, -0.1) is 0 Å². The molecule has 1 N–H and O–H groups in total. The van der Waals surface area contributed by atoms with E-state index in [2.05, 4.69) is 6.92 Å². The van der Waals surface area contributed by atoms with Crippen LogP contribution in [0.4, 0.5) is 0 Å². The molecule has 2 rings (SSSR count). The van der Waals surface area contributed by atoms with Gasteiger partial charge in [0.1, 0.15) is 37.6 Å². The first-order chi connectivity index (χ1) is 10.2. The smallest absolute Gasteiger partial charge is 0.227 e. The molecule has 0 amide bonds. The molecule has 112 valence electrons. The highest BCUT2D eigenvalue weighted by Crippen LogP contribution is 2.13. The summed E-state index contributed by atoms with van der Waals surface area (Å²) in [7, 11) is 0. The number of hydrogen-bond donors (Lipinski definition) is 1. The highest BCUT2D eigenvalue weighted by molar-refractivity contribution is 5.28. The summed E-state index contributed by atoms with van der Waals surface area (Å²) in [6.45, 7) is 2.33. The summed E-state index contributed by atoms with van der Waals surface area (Å²) in [5.74, 6) is 1.10. The van der Waals surface area contributed by atoms with Crippen molar-refractivity contribution in [2.24, 2.45) is 0 Å². The van der Waals surface area contributed by atoms with Crippen LogP contribution in [0.2, 0.25) is 0 Å². The van der Waals surface area contributed by atoms with E-state index in [0.717, 1.165) is 12.2 Å². The Balaban J connectivity index is 1.83. The maximum absolute atomic E-state index is 11.6. The van der Waals surface area contributed by atoms with Gasteiger partial charge in [0.25, 0.3) is 0 Å². The third-order valence-corrected chi connectivity index (χ3v) is 2.92. The SMILES string of the molecule is CCc1cccc(OCCOc2coc(CO)cc2=O)c1. The first-order valence-electron chi connectivity index (χ1n) is 6.80. The largest absolute Gasteiger partial charge is 0.490 e. The molecular formula is C16H18O5. The molecule has 5 heteroatoms. The molecular weight excluding hydrogens is 272 g/mol.